The van der Waals surface area contributed by atoms with Gasteiger partial charge < -0.3 is 4.74 Å². The highest BCUT2D eigenvalue weighted by molar-refractivity contribution is 7.89. The highest BCUT2D eigenvalue weighted by Crippen LogP contribution is 2.22. The average Bonchev–Trinajstić information content (AvgIpc) is 2.27. The van der Waals surface area contributed by atoms with E-state index in [0.717, 1.165) is 0 Å². The van der Waals surface area contributed by atoms with Crippen molar-refractivity contribution >= 4 is 21.8 Å². The average molecular weight is 328 g/mol. The third-order valence-electron chi connectivity index (χ3n) is 2.51. The number of benzene rings is 1. The number of rotatable bonds is 4. The number of carbonyl (C=O) groups excluding carboxylic acids is 1. The van der Waals surface area contributed by atoms with Crippen molar-refractivity contribution in [2.75, 3.05) is 5.32 Å². The maximum Gasteiger partial charge on any atom is 0.411 e. The number of nitrogens with one attached hydrogen (secondary N) is 2. The molecular formula is C15H24N2O4S. The molecule has 0 fully saturated rings. The number of sulfonamides is 1. The van der Waals surface area contributed by atoms with Crippen LogP contribution in [0.4, 0.5) is 10.5 Å². The normalized spacial score (nSPS) is 12.3. The van der Waals surface area contributed by atoms with Gasteiger partial charge in [0.05, 0.1) is 11.0 Å². The van der Waals surface area contributed by atoms with E-state index in [2.05, 4.69) is 10.0 Å². The fourth-order valence-electron chi connectivity index (χ4n) is 1.79. The smallest absolute Gasteiger partial charge is 0.411 e. The second kappa shape index (κ2) is 6.66. The molecular weight excluding hydrogens is 304 g/mol. The van der Waals surface area contributed by atoms with E-state index in [1.165, 1.54) is 6.07 Å². The molecule has 0 aliphatic heterocycles. The fraction of sp³-hybridized carbons (Fsp3) is 0.533. The van der Waals surface area contributed by atoms with Crippen molar-refractivity contribution in [3.05, 3.63) is 23.8 Å². The molecule has 0 aliphatic rings. The zero-order chi connectivity index (χ0) is 17.1. The van der Waals surface area contributed by atoms with Gasteiger partial charge in [-0.25, -0.2) is 17.9 Å². The van der Waals surface area contributed by atoms with Crippen LogP contribution in [-0.4, -0.2) is 26.2 Å². The van der Waals surface area contributed by atoms with Gasteiger partial charge in [0.2, 0.25) is 10.0 Å². The van der Waals surface area contributed by atoms with E-state index in [0.29, 0.717) is 11.3 Å². The van der Waals surface area contributed by atoms with Gasteiger partial charge in [-0.15, -0.1) is 0 Å². The van der Waals surface area contributed by atoms with E-state index in [4.69, 9.17) is 4.74 Å². The number of ether oxygens (including phenoxy) is 1. The van der Waals surface area contributed by atoms with Crippen molar-refractivity contribution in [1.29, 1.82) is 0 Å². The Balaban J connectivity index is 3.07. The molecule has 0 spiro atoms. The van der Waals surface area contributed by atoms with Gasteiger partial charge in [-0.05, 0) is 59.2 Å². The molecule has 0 heterocycles. The Morgan fingerprint density at radius 2 is 1.82 bits per heavy atom. The van der Waals surface area contributed by atoms with Gasteiger partial charge >= 0.3 is 6.09 Å². The molecule has 7 heteroatoms. The molecule has 0 saturated carbocycles. The number of carbonyl (C=O) groups is 1. The molecule has 0 aliphatic carbocycles. The molecule has 0 saturated heterocycles. The maximum absolute atomic E-state index is 12.4. The lowest BCUT2D eigenvalue weighted by Crippen LogP contribution is -2.40. The number of amides is 1. The van der Waals surface area contributed by atoms with Crippen molar-refractivity contribution < 1.29 is 17.9 Å². The molecule has 1 rings (SSSR count). The van der Waals surface area contributed by atoms with Gasteiger partial charge in [0.25, 0.3) is 0 Å². The molecule has 0 unspecified atom stereocenters. The number of hydrogen-bond donors (Lipinski definition) is 2. The first-order chi connectivity index (χ1) is 9.90. The molecule has 1 amide bonds. The molecule has 0 bridgehead atoms. The van der Waals surface area contributed by atoms with E-state index in [1.54, 1.807) is 53.7 Å². The number of aryl methyl sites for hydroxylation is 1. The Hall–Kier alpha value is -1.60. The summed E-state index contributed by atoms with van der Waals surface area (Å²) in [6.45, 7) is 10.5. The highest BCUT2D eigenvalue weighted by atomic mass is 32.2. The van der Waals surface area contributed by atoms with Crippen LogP contribution in [0, 0.1) is 6.92 Å². The number of anilines is 1. The van der Waals surface area contributed by atoms with E-state index >= 15 is 0 Å². The first kappa shape index (κ1) is 18.4. The lowest BCUT2D eigenvalue weighted by Gasteiger charge is -2.21. The monoisotopic (exact) mass is 328 g/mol. The summed E-state index contributed by atoms with van der Waals surface area (Å²) in [4.78, 5) is 11.7. The van der Waals surface area contributed by atoms with Gasteiger partial charge in [-0.1, -0.05) is 6.07 Å². The second-order valence-corrected chi connectivity index (χ2v) is 8.07. The molecule has 0 radical (unpaired) electrons. The summed E-state index contributed by atoms with van der Waals surface area (Å²) in [5.41, 5.74) is 0.371. The summed E-state index contributed by atoms with van der Waals surface area (Å²) < 4.78 is 32.4. The molecule has 1 aromatic carbocycles. The van der Waals surface area contributed by atoms with Crippen LogP contribution in [-0.2, 0) is 14.8 Å². The predicted octanol–water partition coefficient (Wildman–Crippen LogP) is 3.03. The molecule has 6 nitrogen and oxygen atoms in total. The Kier molecular flexibility index (Phi) is 5.59. The minimum atomic E-state index is -3.67. The Morgan fingerprint density at radius 3 is 2.32 bits per heavy atom. The van der Waals surface area contributed by atoms with Crippen molar-refractivity contribution in [3.8, 4) is 0 Å². The summed E-state index contributed by atoms with van der Waals surface area (Å²) in [7, 11) is -3.67. The maximum atomic E-state index is 12.4. The fourth-order valence-corrected chi connectivity index (χ4v) is 3.48. The van der Waals surface area contributed by atoms with Gasteiger partial charge in [0.15, 0.2) is 0 Å². The van der Waals surface area contributed by atoms with Crippen molar-refractivity contribution in [1.82, 2.24) is 4.72 Å². The summed E-state index contributed by atoms with van der Waals surface area (Å²) in [6.07, 6.45) is -0.873. The largest absolute Gasteiger partial charge is 0.447 e. The summed E-state index contributed by atoms with van der Waals surface area (Å²) in [6, 6.07) is 4.69. The minimum Gasteiger partial charge on any atom is -0.447 e. The molecule has 0 aromatic heterocycles. The number of hydrogen-bond acceptors (Lipinski definition) is 4. The zero-order valence-corrected chi connectivity index (χ0v) is 14.7. The van der Waals surface area contributed by atoms with E-state index in [9.17, 15) is 13.2 Å². The quantitative estimate of drug-likeness (QED) is 0.890. The summed E-state index contributed by atoms with van der Waals surface area (Å²) >= 11 is 0. The molecule has 124 valence electrons. The van der Waals surface area contributed by atoms with Crippen LogP contribution in [0.1, 0.15) is 40.2 Å². The lowest BCUT2D eigenvalue weighted by atomic mass is 10.1. The first-order valence-electron chi connectivity index (χ1n) is 7.03. The summed E-state index contributed by atoms with van der Waals surface area (Å²) in [5, 5.41) is 2.52. The molecule has 22 heavy (non-hydrogen) atoms. The van der Waals surface area contributed by atoms with Crippen LogP contribution < -0.4 is 10.0 Å². The van der Waals surface area contributed by atoms with Crippen LogP contribution in [0.3, 0.4) is 0 Å². The molecule has 0 atom stereocenters. The highest BCUT2D eigenvalue weighted by Gasteiger charge is 2.24. The van der Waals surface area contributed by atoms with Crippen molar-refractivity contribution in [3.63, 3.8) is 0 Å². The first-order valence-corrected chi connectivity index (χ1v) is 8.51. The second-order valence-electron chi connectivity index (χ2n) is 6.41. The molecule has 1 aromatic rings. The van der Waals surface area contributed by atoms with Crippen LogP contribution in [0.5, 0.6) is 0 Å². The minimum absolute atomic E-state index is 0.129. The van der Waals surface area contributed by atoms with Crippen molar-refractivity contribution in [2.24, 2.45) is 0 Å². The standard InChI is InChI=1S/C15H24N2O4S/c1-10(2)21-14(18)16-12-8-7-11(3)13(9-12)22(19,20)17-15(4,5)6/h7-10,17H,1-6H3,(H,16,18). The van der Waals surface area contributed by atoms with Crippen LogP contribution >= 0.6 is 0 Å². The van der Waals surface area contributed by atoms with E-state index in [-0.39, 0.29) is 11.0 Å². The molecule has 2 N–H and O–H groups in total. The van der Waals surface area contributed by atoms with Crippen LogP contribution in [0.25, 0.3) is 0 Å². The van der Waals surface area contributed by atoms with Gasteiger partial charge in [0, 0.05) is 11.2 Å². The van der Waals surface area contributed by atoms with E-state index < -0.39 is 21.7 Å². The third-order valence-corrected chi connectivity index (χ3v) is 4.41. The van der Waals surface area contributed by atoms with Crippen LogP contribution in [0.2, 0.25) is 0 Å². The topological polar surface area (TPSA) is 84.5 Å². The van der Waals surface area contributed by atoms with Crippen LogP contribution in [0.15, 0.2) is 23.1 Å². The SMILES string of the molecule is Cc1ccc(NC(=O)OC(C)C)cc1S(=O)(=O)NC(C)(C)C. The van der Waals surface area contributed by atoms with Crippen molar-refractivity contribution in [2.45, 2.75) is 58.1 Å². The van der Waals surface area contributed by atoms with Gasteiger partial charge in [0.1, 0.15) is 0 Å². The Labute approximate surface area is 132 Å². The Bertz CT molecular complexity index is 646. The zero-order valence-electron chi connectivity index (χ0n) is 13.9. The summed E-state index contributed by atoms with van der Waals surface area (Å²) in [5.74, 6) is 0. The lowest BCUT2D eigenvalue weighted by molar-refractivity contribution is 0.130. The van der Waals surface area contributed by atoms with Gasteiger partial charge in [-0.3, -0.25) is 5.32 Å². The predicted molar refractivity (Wildman–Crippen MR) is 86.5 cm³/mol. The third kappa shape index (κ3) is 5.65. The van der Waals surface area contributed by atoms with E-state index in [1.807, 2.05) is 0 Å². The Morgan fingerprint density at radius 1 is 1.23 bits per heavy atom. The van der Waals surface area contributed by atoms with Gasteiger partial charge in [-0.2, -0.15) is 0 Å².